The maximum Gasteiger partial charge on any atom is 0.303 e. The minimum Gasteiger partial charge on any atom is -0.481 e. The van der Waals surface area contributed by atoms with Crippen molar-refractivity contribution in [1.29, 1.82) is 0 Å². The first-order valence-electron chi connectivity index (χ1n) is 7.79. The molecule has 0 aliphatic carbocycles. The lowest BCUT2D eigenvalue weighted by atomic mass is 10.1. The molecule has 21 heavy (non-hydrogen) atoms. The molecule has 0 spiro atoms. The van der Waals surface area contributed by atoms with Gasteiger partial charge in [-0.2, -0.15) is 0 Å². The summed E-state index contributed by atoms with van der Waals surface area (Å²) < 4.78 is 0. The second-order valence-corrected chi connectivity index (χ2v) is 5.15. The summed E-state index contributed by atoms with van der Waals surface area (Å²) in [6, 6.07) is 0. The first-order valence-corrected chi connectivity index (χ1v) is 7.79. The highest BCUT2D eigenvalue weighted by atomic mass is 16.6. The Morgan fingerprint density at radius 1 is 1.10 bits per heavy atom. The molecule has 0 amide bonds. The fourth-order valence-electron chi connectivity index (χ4n) is 1.96. The molecule has 0 atom stereocenters. The molecule has 0 aromatic carbocycles. The average Bonchev–Trinajstić information content (AvgIpc) is 2.43. The molecule has 5 heteroatoms. The molecule has 0 radical (unpaired) electrons. The van der Waals surface area contributed by atoms with Crippen LogP contribution in [-0.4, -0.2) is 16.0 Å². The van der Waals surface area contributed by atoms with Gasteiger partial charge in [0.15, 0.2) is 0 Å². The summed E-state index contributed by atoms with van der Waals surface area (Å²) in [4.78, 5) is 20.9. The third-order valence-electron chi connectivity index (χ3n) is 3.21. The van der Waals surface area contributed by atoms with Crippen LogP contribution in [0.4, 0.5) is 0 Å². The van der Waals surface area contributed by atoms with E-state index in [0.29, 0.717) is 25.7 Å². The average molecular weight is 297 g/mol. The second-order valence-electron chi connectivity index (χ2n) is 5.15. The van der Waals surface area contributed by atoms with Gasteiger partial charge >= 0.3 is 5.97 Å². The lowest BCUT2D eigenvalue weighted by Crippen LogP contribution is -1.99. The Hall–Kier alpha value is -1.65. The Kier molecular flexibility index (Phi) is 12.3. The van der Waals surface area contributed by atoms with Crippen molar-refractivity contribution in [2.75, 3.05) is 0 Å². The molecule has 0 aromatic rings. The number of hydrogen-bond donors (Lipinski definition) is 1. The number of carbonyl (C=O) groups is 1. The van der Waals surface area contributed by atoms with Crippen molar-refractivity contribution in [2.45, 2.75) is 71.1 Å². The Labute approximate surface area is 126 Å². The standard InChI is InChI=1S/C16H27NO4/c1-2-3-4-5-6-7-9-12-15(17(20)21)13-10-8-11-14-16(18)19/h7,9,12H,2-6,8,10-11,13-14H2,1H3,(H,18,19)/b9-7+,15-12+. The van der Waals surface area contributed by atoms with Gasteiger partial charge in [0.25, 0.3) is 0 Å². The summed E-state index contributed by atoms with van der Waals surface area (Å²) in [6.45, 7) is 2.17. The Bertz CT molecular complexity index is 361. The Morgan fingerprint density at radius 3 is 2.38 bits per heavy atom. The molecule has 0 heterocycles. The van der Waals surface area contributed by atoms with E-state index in [4.69, 9.17) is 5.11 Å². The highest BCUT2D eigenvalue weighted by Gasteiger charge is 2.08. The van der Waals surface area contributed by atoms with Crippen LogP contribution < -0.4 is 0 Å². The topological polar surface area (TPSA) is 80.4 Å². The van der Waals surface area contributed by atoms with E-state index in [2.05, 4.69) is 6.92 Å². The van der Waals surface area contributed by atoms with Gasteiger partial charge in [-0.15, -0.1) is 0 Å². The van der Waals surface area contributed by atoms with Crippen LogP contribution in [-0.2, 0) is 4.79 Å². The molecule has 5 nitrogen and oxygen atoms in total. The van der Waals surface area contributed by atoms with Crippen molar-refractivity contribution in [1.82, 2.24) is 0 Å². The number of nitro groups is 1. The van der Waals surface area contributed by atoms with E-state index in [1.54, 1.807) is 12.2 Å². The largest absolute Gasteiger partial charge is 0.481 e. The molecule has 0 aliphatic heterocycles. The SMILES string of the molecule is CCCCCC/C=C/C=C(\CCCCCC(=O)O)[N+](=O)[O-]. The minimum absolute atomic E-state index is 0.134. The molecule has 0 fully saturated rings. The van der Waals surface area contributed by atoms with Crippen LogP contribution >= 0.6 is 0 Å². The van der Waals surface area contributed by atoms with Crippen LogP contribution in [0.3, 0.4) is 0 Å². The zero-order chi connectivity index (χ0) is 15.9. The second kappa shape index (κ2) is 13.3. The maximum absolute atomic E-state index is 10.9. The fraction of sp³-hybridized carbons (Fsp3) is 0.688. The molecule has 1 N–H and O–H groups in total. The maximum atomic E-state index is 10.9. The molecule has 0 rings (SSSR count). The molecule has 0 saturated heterocycles. The van der Waals surface area contributed by atoms with Crippen molar-refractivity contribution >= 4 is 5.97 Å². The number of rotatable bonds is 13. The van der Waals surface area contributed by atoms with Crippen LogP contribution in [0, 0.1) is 10.1 Å². The van der Waals surface area contributed by atoms with Crippen molar-refractivity contribution in [3.05, 3.63) is 34.0 Å². The molecular formula is C16H27NO4. The normalized spacial score (nSPS) is 12.0. The van der Waals surface area contributed by atoms with E-state index in [-0.39, 0.29) is 17.0 Å². The number of allylic oxidation sites excluding steroid dienone is 4. The van der Waals surface area contributed by atoms with Crippen LogP contribution in [0.5, 0.6) is 0 Å². The Balaban J connectivity index is 3.93. The molecule has 0 unspecified atom stereocenters. The zero-order valence-electron chi connectivity index (χ0n) is 12.9. The van der Waals surface area contributed by atoms with Crippen LogP contribution in [0.1, 0.15) is 71.1 Å². The van der Waals surface area contributed by atoms with Crippen LogP contribution in [0.25, 0.3) is 0 Å². The molecule has 120 valence electrons. The predicted molar refractivity (Wildman–Crippen MR) is 83.7 cm³/mol. The van der Waals surface area contributed by atoms with Crippen molar-refractivity contribution in [2.24, 2.45) is 0 Å². The highest BCUT2D eigenvalue weighted by Crippen LogP contribution is 2.11. The van der Waals surface area contributed by atoms with Gasteiger partial charge in [0.05, 0.1) is 4.92 Å². The van der Waals surface area contributed by atoms with Crippen LogP contribution in [0.2, 0.25) is 0 Å². The van der Waals surface area contributed by atoms with Gasteiger partial charge in [-0.25, -0.2) is 0 Å². The Morgan fingerprint density at radius 2 is 1.76 bits per heavy atom. The number of hydrogen-bond acceptors (Lipinski definition) is 3. The number of aliphatic carboxylic acids is 1. The van der Waals surface area contributed by atoms with Crippen LogP contribution in [0.15, 0.2) is 23.9 Å². The summed E-state index contributed by atoms with van der Waals surface area (Å²) in [5.41, 5.74) is 0.204. The third kappa shape index (κ3) is 13.1. The van der Waals surface area contributed by atoms with Gasteiger partial charge in [0.2, 0.25) is 5.70 Å². The highest BCUT2D eigenvalue weighted by molar-refractivity contribution is 5.66. The fourth-order valence-corrected chi connectivity index (χ4v) is 1.96. The number of nitrogens with zero attached hydrogens (tertiary/aromatic N) is 1. The van der Waals surface area contributed by atoms with E-state index < -0.39 is 5.97 Å². The van der Waals surface area contributed by atoms with E-state index in [0.717, 1.165) is 12.8 Å². The van der Waals surface area contributed by atoms with E-state index in [9.17, 15) is 14.9 Å². The van der Waals surface area contributed by atoms with E-state index in [1.807, 2.05) is 6.08 Å². The zero-order valence-corrected chi connectivity index (χ0v) is 12.9. The number of unbranched alkanes of at least 4 members (excludes halogenated alkanes) is 6. The van der Waals surface area contributed by atoms with Gasteiger partial charge < -0.3 is 5.11 Å². The number of carboxylic acid groups (broad SMARTS) is 1. The summed E-state index contributed by atoms with van der Waals surface area (Å²) >= 11 is 0. The van der Waals surface area contributed by atoms with E-state index in [1.165, 1.54) is 19.3 Å². The minimum atomic E-state index is -0.814. The molecule has 0 aromatic heterocycles. The van der Waals surface area contributed by atoms with Crippen molar-refractivity contribution < 1.29 is 14.8 Å². The molecule has 0 bridgehead atoms. The lowest BCUT2D eigenvalue weighted by Gasteiger charge is -1.98. The summed E-state index contributed by atoms with van der Waals surface area (Å²) in [6.07, 6.45) is 13.5. The summed E-state index contributed by atoms with van der Waals surface area (Å²) in [7, 11) is 0. The van der Waals surface area contributed by atoms with Gasteiger partial charge in [-0.05, 0) is 25.7 Å². The van der Waals surface area contributed by atoms with Gasteiger partial charge in [0, 0.05) is 18.9 Å². The molecular weight excluding hydrogens is 270 g/mol. The van der Waals surface area contributed by atoms with Gasteiger partial charge in [-0.3, -0.25) is 14.9 Å². The smallest absolute Gasteiger partial charge is 0.303 e. The van der Waals surface area contributed by atoms with E-state index >= 15 is 0 Å². The summed E-state index contributed by atoms with van der Waals surface area (Å²) in [5, 5.41) is 19.4. The van der Waals surface area contributed by atoms with Crippen molar-refractivity contribution in [3.8, 4) is 0 Å². The van der Waals surface area contributed by atoms with Gasteiger partial charge in [0.1, 0.15) is 0 Å². The van der Waals surface area contributed by atoms with Crippen molar-refractivity contribution in [3.63, 3.8) is 0 Å². The predicted octanol–water partition coefficient (Wildman–Crippen LogP) is 4.71. The molecule has 0 aliphatic rings. The van der Waals surface area contributed by atoms with Gasteiger partial charge in [-0.1, -0.05) is 44.8 Å². The lowest BCUT2D eigenvalue weighted by molar-refractivity contribution is -0.428. The first-order chi connectivity index (χ1) is 10.1. The number of carboxylic acids is 1. The first kappa shape index (κ1) is 19.4. The third-order valence-corrected chi connectivity index (χ3v) is 3.21. The molecule has 0 saturated carbocycles. The summed E-state index contributed by atoms with van der Waals surface area (Å²) in [5.74, 6) is -0.814. The quantitative estimate of drug-likeness (QED) is 0.231. The monoisotopic (exact) mass is 297 g/mol.